The van der Waals surface area contributed by atoms with Gasteiger partial charge in [-0.15, -0.1) is 0 Å². The standard InChI is InChI=1S/C22H18N4O2S/c1-14-24-18-12-23-10-9-19(18)26(14)16-5-3-15(4-6-16)13-25-20-11-17(28-2)7-8-21(20)29-22(25)27/h3-12H,13H2,1-2H3. The van der Waals surface area contributed by atoms with Crippen LogP contribution in [0.1, 0.15) is 11.4 Å². The van der Waals surface area contributed by atoms with Gasteiger partial charge in [0.25, 0.3) is 0 Å². The quantitative estimate of drug-likeness (QED) is 0.453. The lowest BCUT2D eigenvalue weighted by Crippen LogP contribution is -2.13. The highest BCUT2D eigenvalue weighted by Crippen LogP contribution is 2.24. The second-order valence-corrected chi connectivity index (χ2v) is 7.81. The minimum absolute atomic E-state index is 0.0290. The van der Waals surface area contributed by atoms with Crippen molar-refractivity contribution in [2.75, 3.05) is 7.11 Å². The number of nitrogens with zero attached hydrogens (tertiary/aromatic N) is 4. The number of imidazole rings is 1. The molecule has 144 valence electrons. The number of benzene rings is 2. The van der Waals surface area contributed by atoms with E-state index in [9.17, 15) is 4.79 Å². The van der Waals surface area contributed by atoms with Crippen LogP contribution in [0.4, 0.5) is 0 Å². The minimum Gasteiger partial charge on any atom is -0.497 e. The SMILES string of the molecule is COc1ccc2sc(=O)n(Cc3ccc(-n4c(C)nc5cnccc54)cc3)c2c1. The van der Waals surface area contributed by atoms with E-state index in [0.29, 0.717) is 6.54 Å². The summed E-state index contributed by atoms with van der Waals surface area (Å²) >= 11 is 1.26. The molecular weight excluding hydrogens is 384 g/mol. The Bertz CT molecular complexity index is 1400. The predicted octanol–water partition coefficient (Wildman–Crippen LogP) is 4.16. The van der Waals surface area contributed by atoms with E-state index in [1.807, 2.05) is 31.2 Å². The van der Waals surface area contributed by atoms with Crippen molar-refractivity contribution >= 4 is 32.6 Å². The van der Waals surface area contributed by atoms with Crippen LogP contribution in [0.2, 0.25) is 0 Å². The number of thiazole rings is 1. The topological polar surface area (TPSA) is 61.9 Å². The second-order valence-electron chi connectivity index (χ2n) is 6.81. The molecule has 0 atom stereocenters. The summed E-state index contributed by atoms with van der Waals surface area (Å²) in [5, 5.41) is 0. The third kappa shape index (κ3) is 3.00. The summed E-state index contributed by atoms with van der Waals surface area (Å²) in [6.07, 6.45) is 3.55. The van der Waals surface area contributed by atoms with Gasteiger partial charge in [-0.1, -0.05) is 23.5 Å². The molecule has 6 nitrogen and oxygen atoms in total. The first kappa shape index (κ1) is 17.6. The Morgan fingerprint density at radius 1 is 1.07 bits per heavy atom. The van der Waals surface area contributed by atoms with Crippen molar-refractivity contribution in [2.45, 2.75) is 13.5 Å². The Hall–Kier alpha value is -3.45. The molecule has 3 heterocycles. The molecule has 0 saturated heterocycles. The van der Waals surface area contributed by atoms with Gasteiger partial charge in [0, 0.05) is 18.0 Å². The van der Waals surface area contributed by atoms with Gasteiger partial charge >= 0.3 is 4.87 Å². The first-order valence-electron chi connectivity index (χ1n) is 9.20. The van der Waals surface area contributed by atoms with Crippen LogP contribution in [0.5, 0.6) is 5.75 Å². The molecule has 0 saturated carbocycles. The molecule has 3 aromatic heterocycles. The van der Waals surface area contributed by atoms with Crippen LogP contribution in [0.15, 0.2) is 65.7 Å². The monoisotopic (exact) mass is 402 g/mol. The Morgan fingerprint density at radius 2 is 1.90 bits per heavy atom. The number of rotatable bonds is 4. The van der Waals surface area contributed by atoms with Crippen molar-refractivity contribution < 1.29 is 4.74 Å². The van der Waals surface area contributed by atoms with E-state index in [0.717, 1.165) is 44.1 Å². The maximum absolute atomic E-state index is 12.5. The number of aromatic nitrogens is 4. The summed E-state index contributed by atoms with van der Waals surface area (Å²) in [7, 11) is 1.63. The minimum atomic E-state index is 0.0290. The van der Waals surface area contributed by atoms with Crippen LogP contribution in [-0.2, 0) is 6.54 Å². The third-order valence-corrected chi connectivity index (χ3v) is 5.99. The lowest BCUT2D eigenvalue weighted by atomic mass is 10.2. The summed E-state index contributed by atoms with van der Waals surface area (Å²) in [6, 6.07) is 15.9. The Morgan fingerprint density at radius 3 is 2.69 bits per heavy atom. The Kier molecular flexibility index (Phi) is 4.17. The number of pyridine rings is 1. The van der Waals surface area contributed by atoms with Gasteiger partial charge in [-0.2, -0.15) is 0 Å². The molecule has 2 aromatic carbocycles. The van der Waals surface area contributed by atoms with Gasteiger partial charge in [-0.3, -0.25) is 18.9 Å². The molecule has 0 spiro atoms. The zero-order valence-corrected chi connectivity index (χ0v) is 16.8. The van der Waals surface area contributed by atoms with Crippen molar-refractivity contribution in [3.63, 3.8) is 0 Å². The largest absolute Gasteiger partial charge is 0.497 e. The smallest absolute Gasteiger partial charge is 0.308 e. The molecule has 0 N–H and O–H groups in total. The van der Waals surface area contributed by atoms with Gasteiger partial charge in [-0.25, -0.2) is 4.98 Å². The highest BCUT2D eigenvalue weighted by Gasteiger charge is 2.11. The van der Waals surface area contributed by atoms with Gasteiger partial charge in [-0.05, 0) is 42.8 Å². The van der Waals surface area contributed by atoms with E-state index in [4.69, 9.17) is 4.74 Å². The summed E-state index contributed by atoms with van der Waals surface area (Å²) in [5.41, 5.74) is 4.88. The first-order valence-corrected chi connectivity index (χ1v) is 10.0. The average molecular weight is 402 g/mol. The van der Waals surface area contributed by atoms with Crippen LogP contribution in [0.25, 0.3) is 26.9 Å². The lowest BCUT2D eigenvalue weighted by molar-refractivity contribution is 0.415. The van der Waals surface area contributed by atoms with Crippen molar-refractivity contribution in [1.82, 2.24) is 19.1 Å². The van der Waals surface area contributed by atoms with Gasteiger partial charge in [0.2, 0.25) is 0 Å². The molecule has 0 fully saturated rings. The Labute approximate surface area is 170 Å². The number of fused-ring (bicyclic) bond motifs is 2. The number of hydrogen-bond donors (Lipinski definition) is 0. The molecule has 0 radical (unpaired) electrons. The highest BCUT2D eigenvalue weighted by atomic mass is 32.1. The fourth-order valence-electron chi connectivity index (χ4n) is 3.63. The van der Waals surface area contributed by atoms with Crippen LogP contribution in [-0.4, -0.2) is 26.2 Å². The molecule has 0 amide bonds. The fraction of sp³-hybridized carbons (Fsp3) is 0.136. The summed E-state index contributed by atoms with van der Waals surface area (Å²) < 4.78 is 10.2. The molecular formula is C22H18N4O2S. The summed E-state index contributed by atoms with van der Waals surface area (Å²) in [5.74, 6) is 1.66. The van der Waals surface area contributed by atoms with E-state index >= 15 is 0 Å². The molecule has 7 heteroatoms. The highest BCUT2D eigenvalue weighted by molar-refractivity contribution is 7.16. The van der Waals surface area contributed by atoms with E-state index in [1.54, 1.807) is 24.1 Å². The van der Waals surface area contributed by atoms with E-state index in [1.165, 1.54) is 11.3 Å². The molecule has 5 rings (SSSR count). The molecule has 0 unspecified atom stereocenters. The zero-order chi connectivity index (χ0) is 20.0. The van der Waals surface area contributed by atoms with Gasteiger partial charge in [0.15, 0.2) is 0 Å². The van der Waals surface area contributed by atoms with Crippen molar-refractivity contribution in [2.24, 2.45) is 0 Å². The number of aryl methyl sites for hydroxylation is 1. The van der Waals surface area contributed by atoms with Crippen molar-refractivity contribution in [1.29, 1.82) is 0 Å². The summed E-state index contributed by atoms with van der Waals surface area (Å²) in [4.78, 5) is 21.3. The lowest BCUT2D eigenvalue weighted by Gasteiger charge is -2.09. The molecule has 0 aliphatic heterocycles. The maximum atomic E-state index is 12.5. The maximum Gasteiger partial charge on any atom is 0.308 e. The van der Waals surface area contributed by atoms with Gasteiger partial charge in [0.1, 0.15) is 17.1 Å². The van der Waals surface area contributed by atoms with Crippen LogP contribution in [0.3, 0.4) is 0 Å². The molecule has 0 aliphatic rings. The molecule has 0 bridgehead atoms. The van der Waals surface area contributed by atoms with Crippen LogP contribution >= 0.6 is 11.3 Å². The molecule has 0 aliphatic carbocycles. The van der Waals surface area contributed by atoms with E-state index < -0.39 is 0 Å². The van der Waals surface area contributed by atoms with Gasteiger partial charge < -0.3 is 4.74 Å². The number of hydrogen-bond acceptors (Lipinski definition) is 5. The van der Waals surface area contributed by atoms with Crippen LogP contribution < -0.4 is 9.61 Å². The van der Waals surface area contributed by atoms with E-state index in [-0.39, 0.29) is 4.87 Å². The number of methoxy groups -OCH3 is 1. The molecule has 29 heavy (non-hydrogen) atoms. The Balaban J connectivity index is 1.52. The fourth-order valence-corrected chi connectivity index (χ4v) is 4.50. The first-order chi connectivity index (χ1) is 14.1. The average Bonchev–Trinajstić information content (AvgIpc) is 3.24. The predicted molar refractivity (Wildman–Crippen MR) is 115 cm³/mol. The van der Waals surface area contributed by atoms with Crippen LogP contribution in [0, 0.1) is 6.92 Å². The second kappa shape index (κ2) is 6.86. The normalized spacial score (nSPS) is 11.4. The van der Waals surface area contributed by atoms with E-state index in [2.05, 4.69) is 38.8 Å². The van der Waals surface area contributed by atoms with Crippen molar-refractivity contribution in [3.8, 4) is 11.4 Å². The molecule has 5 aromatic rings. The zero-order valence-electron chi connectivity index (χ0n) is 16.0. The van der Waals surface area contributed by atoms with Crippen molar-refractivity contribution in [3.05, 3.63) is 82.0 Å². The third-order valence-electron chi connectivity index (χ3n) is 5.03. The van der Waals surface area contributed by atoms with Gasteiger partial charge in [0.05, 0.1) is 35.6 Å². The number of ether oxygens (including phenoxy) is 1. The summed E-state index contributed by atoms with van der Waals surface area (Å²) in [6.45, 7) is 2.50.